The Morgan fingerprint density at radius 2 is 1.68 bits per heavy atom. The lowest BCUT2D eigenvalue weighted by Crippen LogP contribution is -2.11. The van der Waals surface area contributed by atoms with Gasteiger partial charge in [-0.15, -0.1) is 11.6 Å². The number of aromatic amines is 1. The third-order valence-electron chi connectivity index (χ3n) is 7.45. The Bertz CT molecular complexity index is 1700. The maximum absolute atomic E-state index is 14.0. The van der Waals surface area contributed by atoms with Crippen molar-refractivity contribution in [2.75, 3.05) is 13.0 Å². The first-order chi connectivity index (χ1) is 18.5. The maximum atomic E-state index is 14.0. The monoisotopic (exact) mass is 523 g/mol. The molecule has 6 rings (SSSR count). The molecule has 0 saturated carbocycles. The van der Waals surface area contributed by atoms with Gasteiger partial charge in [-0.1, -0.05) is 36.4 Å². The zero-order valence-corrected chi connectivity index (χ0v) is 21.8. The maximum Gasteiger partial charge on any atom is 0.308 e. The van der Waals surface area contributed by atoms with Gasteiger partial charge in [-0.05, 0) is 87.8 Å². The van der Waals surface area contributed by atoms with E-state index in [0.717, 1.165) is 49.7 Å². The lowest BCUT2D eigenvalue weighted by Gasteiger charge is -2.16. The Morgan fingerprint density at radius 1 is 0.947 bits per heavy atom. The van der Waals surface area contributed by atoms with Crippen LogP contribution >= 0.6 is 11.6 Å². The van der Waals surface area contributed by atoms with Crippen molar-refractivity contribution < 1.29 is 19.1 Å². The van der Waals surface area contributed by atoms with E-state index < -0.39 is 0 Å². The number of aromatic nitrogens is 1. The number of carbonyl (C=O) groups is 2. The first-order valence-electron chi connectivity index (χ1n) is 12.6. The molecule has 1 aromatic heterocycles. The van der Waals surface area contributed by atoms with Crippen LogP contribution in [0.1, 0.15) is 46.8 Å². The van der Waals surface area contributed by atoms with Crippen LogP contribution in [-0.4, -0.2) is 29.7 Å². The fourth-order valence-electron chi connectivity index (χ4n) is 5.75. The smallest absolute Gasteiger partial charge is 0.308 e. The van der Waals surface area contributed by atoms with Gasteiger partial charge in [0.2, 0.25) is 0 Å². The number of ether oxygens (including phenoxy) is 2. The van der Waals surface area contributed by atoms with Crippen LogP contribution in [0.4, 0.5) is 0 Å². The largest absolute Gasteiger partial charge is 0.497 e. The summed E-state index contributed by atoms with van der Waals surface area (Å²) < 4.78 is 10.6. The third kappa shape index (κ3) is 4.13. The first-order valence-corrected chi connectivity index (χ1v) is 13.1. The van der Waals surface area contributed by atoms with Gasteiger partial charge in [-0.2, -0.15) is 0 Å². The standard InChI is InChI=1S/C32H26ClNO4/c1-18(35)38-22-9-7-19(8-10-22)26-16-27-28(14-21(17-33)31(27)25-6-4-3-5-24(25)26)32(36)30-15-20-13-23(37-2)11-12-29(20)34-30/h3-13,15-16,21,28,34H,14,17H2,1-2H3. The summed E-state index contributed by atoms with van der Waals surface area (Å²) in [5.41, 5.74) is 5.68. The number of hydrogen-bond acceptors (Lipinski definition) is 4. The van der Waals surface area contributed by atoms with Crippen molar-refractivity contribution in [3.05, 3.63) is 95.7 Å². The molecule has 0 amide bonds. The van der Waals surface area contributed by atoms with Crippen molar-refractivity contribution in [2.45, 2.75) is 25.2 Å². The van der Waals surface area contributed by atoms with Crippen LogP contribution in [0.2, 0.25) is 0 Å². The van der Waals surface area contributed by atoms with Gasteiger partial charge in [0.25, 0.3) is 0 Å². The number of methoxy groups -OCH3 is 1. The van der Waals surface area contributed by atoms with Crippen LogP contribution in [0.25, 0.3) is 32.8 Å². The lowest BCUT2D eigenvalue weighted by atomic mass is 9.88. The number of halogens is 1. The minimum Gasteiger partial charge on any atom is -0.497 e. The minimum absolute atomic E-state index is 0.0560. The van der Waals surface area contributed by atoms with Crippen molar-refractivity contribution >= 4 is 45.0 Å². The van der Waals surface area contributed by atoms with Crippen LogP contribution in [-0.2, 0) is 4.79 Å². The van der Waals surface area contributed by atoms with Gasteiger partial charge in [0, 0.05) is 29.6 Å². The molecule has 0 spiro atoms. The molecule has 1 heterocycles. The molecule has 1 N–H and O–H groups in total. The number of rotatable bonds is 6. The zero-order chi connectivity index (χ0) is 26.4. The number of nitrogens with one attached hydrogen (secondary N) is 1. The lowest BCUT2D eigenvalue weighted by molar-refractivity contribution is -0.131. The average molecular weight is 524 g/mol. The van der Waals surface area contributed by atoms with Gasteiger partial charge in [0.05, 0.1) is 12.8 Å². The summed E-state index contributed by atoms with van der Waals surface area (Å²) in [4.78, 5) is 28.6. The molecule has 0 fully saturated rings. The summed E-state index contributed by atoms with van der Waals surface area (Å²) in [6.07, 6.45) is 0.662. The van der Waals surface area contributed by atoms with Crippen molar-refractivity contribution in [1.82, 2.24) is 4.98 Å². The van der Waals surface area contributed by atoms with E-state index >= 15 is 0 Å². The van der Waals surface area contributed by atoms with Gasteiger partial charge in [0.15, 0.2) is 5.78 Å². The van der Waals surface area contributed by atoms with E-state index in [0.29, 0.717) is 23.7 Å². The fraction of sp³-hybridized carbons (Fsp3) is 0.188. The summed E-state index contributed by atoms with van der Waals surface area (Å²) >= 11 is 6.49. The number of fused-ring (bicyclic) bond motifs is 4. The Labute approximate surface area is 225 Å². The highest BCUT2D eigenvalue weighted by Gasteiger charge is 2.37. The number of esters is 1. The Morgan fingerprint density at radius 3 is 2.39 bits per heavy atom. The minimum atomic E-state index is -0.357. The summed E-state index contributed by atoms with van der Waals surface area (Å²) in [7, 11) is 1.63. The molecule has 4 aromatic carbocycles. The van der Waals surface area contributed by atoms with E-state index in [1.54, 1.807) is 19.2 Å². The number of ketones is 1. The van der Waals surface area contributed by atoms with Crippen LogP contribution in [0.3, 0.4) is 0 Å². The fourth-order valence-corrected chi connectivity index (χ4v) is 6.03. The predicted molar refractivity (Wildman–Crippen MR) is 151 cm³/mol. The van der Waals surface area contributed by atoms with Crippen molar-refractivity contribution in [3.63, 3.8) is 0 Å². The van der Waals surface area contributed by atoms with Crippen LogP contribution in [0, 0.1) is 0 Å². The van der Waals surface area contributed by atoms with Gasteiger partial charge in [0.1, 0.15) is 11.5 Å². The molecule has 190 valence electrons. The Balaban J connectivity index is 1.47. The van der Waals surface area contributed by atoms with Crippen molar-refractivity contribution in [2.24, 2.45) is 0 Å². The SMILES string of the molecule is COc1ccc2[nH]c(C(=O)C3CC(CCl)c4c3cc(-c3ccc(OC(C)=O)cc3)c3ccccc43)cc2c1. The highest BCUT2D eigenvalue weighted by Crippen LogP contribution is 2.49. The van der Waals surface area contributed by atoms with Gasteiger partial charge in [-0.25, -0.2) is 0 Å². The Hall–Kier alpha value is -4.09. The summed E-state index contributed by atoms with van der Waals surface area (Å²) in [5, 5.41) is 3.16. The summed E-state index contributed by atoms with van der Waals surface area (Å²) in [6.45, 7) is 1.38. The van der Waals surface area contributed by atoms with E-state index in [4.69, 9.17) is 21.1 Å². The molecule has 0 saturated heterocycles. The Kier molecular flexibility index (Phi) is 6.16. The number of H-pyrrole nitrogens is 1. The molecule has 5 aromatic rings. The predicted octanol–water partition coefficient (Wildman–Crippen LogP) is 7.61. The molecule has 1 aliphatic rings. The number of benzene rings is 4. The number of alkyl halides is 1. The first kappa shape index (κ1) is 24.3. The molecule has 5 nitrogen and oxygen atoms in total. The summed E-state index contributed by atoms with van der Waals surface area (Å²) in [5.74, 6) is 1.16. The quantitative estimate of drug-likeness (QED) is 0.108. The molecule has 38 heavy (non-hydrogen) atoms. The summed E-state index contributed by atoms with van der Waals surface area (Å²) in [6, 6.07) is 25.6. The van der Waals surface area contributed by atoms with Gasteiger partial charge in [-0.3, -0.25) is 9.59 Å². The van der Waals surface area contributed by atoms with Crippen LogP contribution in [0.5, 0.6) is 11.5 Å². The van der Waals surface area contributed by atoms with E-state index in [1.165, 1.54) is 6.92 Å². The highest BCUT2D eigenvalue weighted by molar-refractivity contribution is 6.19. The molecule has 0 bridgehead atoms. The van der Waals surface area contributed by atoms with E-state index in [1.807, 2.05) is 48.5 Å². The number of hydrogen-bond donors (Lipinski definition) is 1. The van der Waals surface area contributed by atoms with E-state index in [2.05, 4.69) is 23.2 Å². The van der Waals surface area contributed by atoms with Crippen LogP contribution in [0.15, 0.2) is 78.9 Å². The molecule has 2 atom stereocenters. The highest BCUT2D eigenvalue weighted by atomic mass is 35.5. The van der Waals surface area contributed by atoms with Crippen molar-refractivity contribution in [3.8, 4) is 22.6 Å². The van der Waals surface area contributed by atoms with Gasteiger partial charge >= 0.3 is 5.97 Å². The second-order valence-corrected chi connectivity index (χ2v) is 10.0. The van der Waals surface area contributed by atoms with E-state index in [-0.39, 0.29) is 23.6 Å². The average Bonchev–Trinajstić information content (AvgIpc) is 3.53. The molecule has 6 heteroatoms. The van der Waals surface area contributed by atoms with Crippen LogP contribution < -0.4 is 9.47 Å². The van der Waals surface area contributed by atoms with E-state index in [9.17, 15) is 9.59 Å². The second-order valence-electron chi connectivity index (χ2n) is 9.73. The topological polar surface area (TPSA) is 68.4 Å². The molecule has 2 unspecified atom stereocenters. The molecular formula is C32H26ClNO4. The number of carbonyl (C=O) groups excluding carboxylic acids is 2. The number of Topliss-reactive ketones (excluding diaryl/α,β-unsaturated/α-hetero) is 1. The van der Waals surface area contributed by atoms with Crippen molar-refractivity contribution in [1.29, 1.82) is 0 Å². The normalized spacial score (nSPS) is 16.5. The third-order valence-corrected chi connectivity index (χ3v) is 7.82. The molecule has 0 aliphatic heterocycles. The molecular weight excluding hydrogens is 498 g/mol. The second kappa shape index (κ2) is 9.66. The zero-order valence-electron chi connectivity index (χ0n) is 21.1. The molecule has 0 radical (unpaired) electrons. The molecule has 1 aliphatic carbocycles. The van der Waals surface area contributed by atoms with Gasteiger partial charge < -0.3 is 14.5 Å².